The molecule has 0 bridgehead atoms. The van der Waals surface area contributed by atoms with Crippen molar-refractivity contribution in [3.05, 3.63) is 70.0 Å². The van der Waals surface area contributed by atoms with Gasteiger partial charge < -0.3 is 11.1 Å². The lowest BCUT2D eigenvalue weighted by atomic mass is 9.89. The summed E-state index contributed by atoms with van der Waals surface area (Å²) in [5, 5.41) is 3.28. The van der Waals surface area contributed by atoms with Gasteiger partial charge in [-0.25, -0.2) is 4.39 Å². The van der Waals surface area contributed by atoms with Crippen molar-refractivity contribution < 1.29 is 9.18 Å². The van der Waals surface area contributed by atoms with Gasteiger partial charge in [0.15, 0.2) is 0 Å². The van der Waals surface area contributed by atoms with Crippen molar-refractivity contribution in [2.75, 3.05) is 5.73 Å². The Morgan fingerprint density at radius 3 is 2.40 bits per heavy atom. The molecule has 2 rings (SSSR count). The summed E-state index contributed by atoms with van der Waals surface area (Å²) in [4.78, 5) is 12.5. The Kier molecular flexibility index (Phi) is 7.36. The molecular weight excluding hydrogens is 399 g/mol. The first-order valence-electron chi connectivity index (χ1n) is 10.1. The Bertz CT molecular complexity index is 960. The van der Waals surface area contributed by atoms with Crippen LogP contribution >= 0.6 is 11.6 Å². The van der Waals surface area contributed by atoms with Crippen LogP contribution in [0.15, 0.2) is 36.9 Å². The fourth-order valence-corrected chi connectivity index (χ4v) is 3.66. The molecule has 0 aliphatic carbocycles. The maximum atomic E-state index is 15.7. The highest BCUT2D eigenvalue weighted by atomic mass is 35.5. The molecule has 30 heavy (non-hydrogen) atoms. The average Bonchev–Trinajstić information content (AvgIpc) is 2.61. The molecule has 0 heterocycles. The van der Waals surface area contributed by atoms with Gasteiger partial charge in [0.05, 0.1) is 11.1 Å². The molecule has 2 aromatic rings. The van der Waals surface area contributed by atoms with Crippen molar-refractivity contribution in [3.8, 4) is 0 Å². The summed E-state index contributed by atoms with van der Waals surface area (Å²) in [6, 6.07) is 8.27. The van der Waals surface area contributed by atoms with Gasteiger partial charge in [-0.3, -0.25) is 4.79 Å². The van der Waals surface area contributed by atoms with Crippen LogP contribution in [-0.2, 0) is 4.79 Å². The van der Waals surface area contributed by atoms with Crippen molar-refractivity contribution in [3.63, 3.8) is 0 Å². The summed E-state index contributed by atoms with van der Waals surface area (Å²) < 4.78 is 15.7. The number of carbonyl (C=O) groups is 1. The molecule has 0 radical (unpaired) electrons. The van der Waals surface area contributed by atoms with Crippen molar-refractivity contribution in [1.82, 2.24) is 5.32 Å². The van der Waals surface area contributed by atoms with Crippen LogP contribution < -0.4 is 11.1 Å². The van der Waals surface area contributed by atoms with Crippen LogP contribution in [-0.4, -0.2) is 5.91 Å². The highest BCUT2D eigenvalue weighted by Crippen LogP contribution is 2.36. The molecule has 0 saturated carbocycles. The lowest BCUT2D eigenvalue weighted by molar-refractivity contribution is -0.123. The van der Waals surface area contributed by atoms with E-state index in [9.17, 15) is 4.79 Å². The molecule has 0 saturated heterocycles. The average molecular weight is 431 g/mol. The van der Waals surface area contributed by atoms with E-state index in [0.29, 0.717) is 23.2 Å². The van der Waals surface area contributed by atoms with E-state index in [-0.39, 0.29) is 27.8 Å². The van der Waals surface area contributed by atoms with Crippen molar-refractivity contribution in [1.29, 1.82) is 0 Å². The van der Waals surface area contributed by atoms with Crippen LogP contribution in [0.2, 0.25) is 5.02 Å². The zero-order valence-corrected chi connectivity index (χ0v) is 19.5. The number of rotatable bonds is 6. The zero-order chi connectivity index (χ0) is 22.8. The third-order valence-electron chi connectivity index (χ3n) is 5.05. The smallest absolute Gasteiger partial charge is 0.221 e. The minimum absolute atomic E-state index is 0.00974. The molecule has 0 fully saturated rings. The highest BCUT2D eigenvalue weighted by molar-refractivity contribution is 6.32. The van der Waals surface area contributed by atoms with Crippen molar-refractivity contribution >= 4 is 28.8 Å². The predicted octanol–water partition coefficient (Wildman–Crippen LogP) is 6.68. The third-order valence-corrected chi connectivity index (χ3v) is 5.37. The normalized spacial score (nSPS) is 12.7. The zero-order valence-electron chi connectivity index (χ0n) is 18.7. The third kappa shape index (κ3) is 5.63. The number of amides is 1. The quantitative estimate of drug-likeness (QED) is 0.502. The van der Waals surface area contributed by atoms with Gasteiger partial charge in [-0.2, -0.15) is 0 Å². The molecule has 3 N–H and O–H groups in total. The van der Waals surface area contributed by atoms with Crippen LogP contribution in [0.1, 0.15) is 69.3 Å². The molecule has 162 valence electrons. The first-order chi connectivity index (χ1) is 13.8. The molecule has 5 heteroatoms. The Morgan fingerprint density at radius 1 is 1.23 bits per heavy atom. The summed E-state index contributed by atoms with van der Waals surface area (Å²) >= 11 is 6.38. The van der Waals surface area contributed by atoms with Crippen LogP contribution in [0.5, 0.6) is 0 Å². The lowest BCUT2D eigenvalue weighted by Crippen LogP contribution is -2.34. The Hall–Kier alpha value is -2.33. The lowest BCUT2D eigenvalue weighted by Gasteiger charge is -2.27. The number of halogens is 2. The summed E-state index contributed by atoms with van der Waals surface area (Å²) in [5.41, 5.74) is 9.17. The molecule has 0 aromatic heterocycles. The molecule has 3 nitrogen and oxygen atoms in total. The number of nitrogens with two attached hydrogens (primary N) is 1. The Balaban J connectivity index is 2.47. The van der Waals surface area contributed by atoms with Gasteiger partial charge in [0.25, 0.3) is 0 Å². The number of anilines is 1. The Morgan fingerprint density at radius 2 is 1.87 bits per heavy atom. The highest BCUT2D eigenvalue weighted by Gasteiger charge is 2.27. The molecule has 1 atom stereocenters. The predicted molar refractivity (Wildman–Crippen MR) is 125 cm³/mol. The van der Waals surface area contributed by atoms with Gasteiger partial charge in [0.2, 0.25) is 5.91 Å². The van der Waals surface area contributed by atoms with Crippen molar-refractivity contribution in [2.45, 2.75) is 54.0 Å². The van der Waals surface area contributed by atoms with Gasteiger partial charge in [-0.05, 0) is 53.2 Å². The number of hydrogen-bond donors (Lipinski definition) is 2. The second-order valence-corrected chi connectivity index (χ2v) is 9.81. The number of nitrogen functional groups attached to an aromatic ring is 1. The van der Waals surface area contributed by atoms with Crippen LogP contribution in [0, 0.1) is 24.1 Å². The maximum absolute atomic E-state index is 15.7. The molecule has 0 spiro atoms. The molecule has 2 aromatic carbocycles. The summed E-state index contributed by atoms with van der Waals surface area (Å²) in [5.74, 6) is -0.578. The van der Waals surface area contributed by atoms with Crippen LogP contribution in [0.25, 0.3) is 5.57 Å². The number of hydrogen-bond acceptors (Lipinski definition) is 2. The number of nitrogens with one attached hydrogen (secondary N) is 1. The summed E-state index contributed by atoms with van der Waals surface area (Å²) in [6.07, 6.45) is 0.357. The Labute approximate surface area is 184 Å². The van der Waals surface area contributed by atoms with E-state index in [1.807, 2.05) is 47.6 Å². The SMILES string of the molecule is C=C(c1ccc(N)c(C)c1)c1c(Cl)ccc(C(NC(=O)CC(C)(C)C)C(C)C)c1F. The minimum Gasteiger partial charge on any atom is -0.399 e. The fraction of sp³-hybridized carbons (Fsp3) is 0.400. The standard InChI is InChI=1S/C25H32ClFN2O/c1-14(2)24(29-21(30)13-25(5,6)7)18-9-10-19(26)22(23(18)27)16(4)17-8-11-20(28)15(3)12-17/h8-12,14,24H,4,13,28H2,1-3,5-7H3,(H,29,30). The second kappa shape index (κ2) is 9.22. The van der Waals surface area contributed by atoms with E-state index in [0.717, 1.165) is 11.1 Å². The summed E-state index contributed by atoms with van der Waals surface area (Å²) in [6.45, 7) is 15.9. The van der Waals surface area contributed by atoms with E-state index in [4.69, 9.17) is 17.3 Å². The molecule has 1 amide bonds. The van der Waals surface area contributed by atoms with Gasteiger partial charge >= 0.3 is 0 Å². The van der Waals surface area contributed by atoms with Gasteiger partial charge in [0.1, 0.15) is 5.82 Å². The fourth-order valence-electron chi connectivity index (χ4n) is 3.40. The largest absolute Gasteiger partial charge is 0.399 e. The van der Waals surface area contributed by atoms with Crippen LogP contribution in [0.3, 0.4) is 0 Å². The maximum Gasteiger partial charge on any atom is 0.221 e. The van der Waals surface area contributed by atoms with Gasteiger partial charge in [0, 0.05) is 23.2 Å². The first-order valence-corrected chi connectivity index (χ1v) is 10.5. The van der Waals surface area contributed by atoms with E-state index in [1.165, 1.54) is 0 Å². The number of aryl methyl sites for hydroxylation is 1. The number of carbonyl (C=O) groups excluding carboxylic acids is 1. The van der Waals surface area contributed by atoms with E-state index in [1.54, 1.807) is 24.3 Å². The minimum atomic E-state index is -0.475. The van der Waals surface area contributed by atoms with Crippen molar-refractivity contribution in [2.24, 2.45) is 11.3 Å². The second-order valence-electron chi connectivity index (χ2n) is 9.40. The van der Waals surface area contributed by atoms with E-state index >= 15 is 4.39 Å². The van der Waals surface area contributed by atoms with E-state index in [2.05, 4.69) is 11.9 Å². The van der Waals surface area contributed by atoms with Gasteiger partial charge in [-0.1, -0.05) is 64.9 Å². The monoisotopic (exact) mass is 430 g/mol. The molecular formula is C25H32ClFN2O. The molecule has 0 aliphatic heterocycles. The molecule has 0 aliphatic rings. The molecule has 1 unspecified atom stereocenters. The summed E-state index contributed by atoms with van der Waals surface area (Å²) in [7, 11) is 0. The first kappa shape index (κ1) is 23.9. The van der Waals surface area contributed by atoms with Gasteiger partial charge in [-0.15, -0.1) is 0 Å². The van der Waals surface area contributed by atoms with E-state index < -0.39 is 11.9 Å². The number of benzene rings is 2. The topological polar surface area (TPSA) is 55.1 Å². The van der Waals surface area contributed by atoms with Crippen LogP contribution in [0.4, 0.5) is 10.1 Å².